The van der Waals surface area contributed by atoms with E-state index < -0.39 is 0 Å². The van der Waals surface area contributed by atoms with Crippen LogP contribution in [0.4, 0.5) is 5.69 Å². The van der Waals surface area contributed by atoms with E-state index in [-0.39, 0.29) is 23.8 Å². The van der Waals surface area contributed by atoms with Crippen molar-refractivity contribution in [2.75, 3.05) is 6.54 Å². The maximum absolute atomic E-state index is 11.9. The molecule has 1 N–H and O–H groups in total. The summed E-state index contributed by atoms with van der Waals surface area (Å²) in [6, 6.07) is 11.1. The summed E-state index contributed by atoms with van der Waals surface area (Å²) < 4.78 is 0.894. The summed E-state index contributed by atoms with van der Waals surface area (Å²) >= 11 is 3.30. The Labute approximate surface area is 129 Å². The molecule has 0 aliphatic rings. The molecule has 0 heterocycles. The van der Waals surface area contributed by atoms with Gasteiger partial charge in [-0.25, -0.2) is 0 Å². The number of halogens is 1. The van der Waals surface area contributed by atoms with Crippen LogP contribution in [0.2, 0.25) is 0 Å². The third-order valence-corrected chi connectivity index (χ3v) is 3.28. The van der Waals surface area contributed by atoms with Crippen LogP contribution in [0.5, 0.6) is 5.75 Å². The lowest BCUT2D eigenvalue weighted by Gasteiger charge is -2.00. The van der Waals surface area contributed by atoms with Crippen LogP contribution in [0.15, 0.2) is 57.1 Å². The van der Waals surface area contributed by atoms with Crippen LogP contribution in [0.3, 0.4) is 0 Å². The van der Waals surface area contributed by atoms with Crippen molar-refractivity contribution in [1.82, 2.24) is 0 Å². The average molecular weight is 347 g/mol. The summed E-state index contributed by atoms with van der Waals surface area (Å²) in [6.07, 6.45) is 1.35. The van der Waals surface area contributed by atoms with Crippen molar-refractivity contribution in [1.29, 1.82) is 0 Å². The van der Waals surface area contributed by atoms with E-state index in [4.69, 9.17) is 0 Å². The number of phenolic OH excluding ortho intramolecular Hbond substituents is 1. The Morgan fingerprint density at radius 3 is 2.57 bits per heavy atom. The maximum atomic E-state index is 11.9. The largest absolute Gasteiger partial charge is 0.507 e. The number of carbonyl (C=O) groups excluding carboxylic acids is 1. The molecule has 0 aliphatic heterocycles. The zero-order chi connectivity index (χ0) is 15.2. The first-order chi connectivity index (χ1) is 10.1. The van der Waals surface area contributed by atoms with Crippen LogP contribution in [-0.2, 0) is 0 Å². The number of hydrogen-bond donors (Lipinski definition) is 1. The van der Waals surface area contributed by atoms with Gasteiger partial charge in [0.25, 0.3) is 0 Å². The Bertz CT molecular complexity index is 697. The molecule has 0 saturated carbocycles. The molecule has 0 unspecified atom stereocenters. The third kappa shape index (κ3) is 4.06. The molecule has 6 heteroatoms. The Hall–Kier alpha value is -2.34. The number of rotatable bonds is 5. The van der Waals surface area contributed by atoms with Crippen molar-refractivity contribution < 1.29 is 9.90 Å². The number of nitroso groups, excluding NO2 is 1. The second-order valence-electron chi connectivity index (χ2n) is 4.23. The SMILES string of the molecule is O=Nc1ccc(O)c(C=NCC(=O)c2ccc(Br)cc2)c1. The molecule has 0 spiro atoms. The van der Waals surface area contributed by atoms with Crippen molar-refractivity contribution in [3.8, 4) is 5.75 Å². The Kier molecular flexibility index (Phi) is 4.94. The van der Waals surface area contributed by atoms with E-state index in [1.54, 1.807) is 24.3 Å². The number of carbonyl (C=O) groups is 1. The predicted octanol–water partition coefficient (Wildman–Crippen LogP) is 3.85. The number of benzene rings is 2. The molecular weight excluding hydrogens is 336 g/mol. The summed E-state index contributed by atoms with van der Waals surface area (Å²) in [7, 11) is 0. The molecule has 0 saturated heterocycles. The minimum Gasteiger partial charge on any atom is -0.507 e. The second kappa shape index (κ2) is 6.90. The fourth-order valence-corrected chi connectivity index (χ4v) is 1.92. The summed E-state index contributed by atoms with van der Waals surface area (Å²) in [4.78, 5) is 26.3. The average Bonchev–Trinajstić information content (AvgIpc) is 2.49. The molecule has 106 valence electrons. The van der Waals surface area contributed by atoms with Gasteiger partial charge in [0.1, 0.15) is 18.0 Å². The van der Waals surface area contributed by atoms with Crippen molar-refractivity contribution >= 4 is 33.6 Å². The Morgan fingerprint density at radius 1 is 1.19 bits per heavy atom. The van der Waals surface area contributed by atoms with E-state index in [1.807, 2.05) is 0 Å². The van der Waals surface area contributed by atoms with E-state index in [2.05, 4.69) is 26.1 Å². The lowest BCUT2D eigenvalue weighted by atomic mass is 10.1. The highest BCUT2D eigenvalue weighted by Gasteiger charge is 2.05. The third-order valence-electron chi connectivity index (χ3n) is 2.75. The molecule has 0 amide bonds. The molecule has 0 atom stereocenters. The molecule has 0 fully saturated rings. The predicted molar refractivity (Wildman–Crippen MR) is 84.5 cm³/mol. The van der Waals surface area contributed by atoms with Gasteiger partial charge in [0.15, 0.2) is 5.78 Å². The van der Waals surface area contributed by atoms with Crippen LogP contribution < -0.4 is 0 Å². The van der Waals surface area contributed by atoms with Gasteiger partial charge < -0.3 is 5.11 Å². The Balaban J connectivity index is 2.07. The highest BCUT2D eigenvalue weighted by Crippen LogP contribution is 2.21. The molecule has 0 aromatic heterocycles. The second-order valence-corrected chi connectivity index (χ2v) is 5.15. The van der Waals surface area contributed by atoms with Gasteiger partial charge in [-0.2, -0.15) is 0 Å². The molecule has 5 nitrogen and oxygen atoms in total. The number of phenols is 1. The van der Waals surface area contributed by atoms with Crippen molar-refractivity contribution in [3.05, 3.63) is 63.0 Å². The fourth-order valence-electron chi connectivity index (χ4n) is 1.66. The number of hydrogen-bond acceptors (Lipinski definition) is 5. The number of aromatic hydroxyl groups is 1. The minimum atomic E-state index is -0.136. The number of Topliss-reactive ketones (excluding diaryl/α,β-unsaturated/α-hetero) is 1. The molecule has 2 aromatic carbocycles. The number of nitrogens with zero attached hydrogens (tertiary/aromatic N) is 2. The lowest BCUT2D eigenvalue weighted by molar-refractivity contribution is 0.100. The van der Waals surface area contributed by atoms with Gasteiger partial charge in [-0.15, -0.1) is 4.91 Å². The molecule has 21 heavy (non-hydrogen) atoms. The minimum absolute atomic E-state index is 0.0257. The lowest BCUT2D eigenvalue weighted by Crippen LogP contribution is -2.03. The maximum Gasteiger partial charge on any atom is 0.184 e. The zero-order valence-electron chi connectivity index (χ0n) is 10.9. The molecule has 0 radical (unpaired) electrons. The molecule has 2 aromatic rings. The summed E-state index contributed by atoms with van der Waals surface area (Å²) in [5.74, 6) is -0.162. The van der Waals surface area contributed by atoms with Gasteiger partial charge in [0.2, 0.25) is 0 Å². The van der Waals surface area contributed by atoms with Gasteiger partial charge in [-0.1, -0.05) is 28.1 Å². The first-order valence-electron chi connectivity index (χ1n) is 6.05. The van der Waals surface area contributed by atoms with Gasteiger partial charge in [0.05, 0.1) is 0 Å². The number of ketones is 1. The van der Waals surface area contributed by atoms with Crippen LogP contribution >= 0.6 is 15.9 Å². The quantitative estimate of drug-likeness (QED) is 0.507. The van der Waals surface area contributed by atoms with Crippen molar-refractivity contribution in [2.24, 2.45) is 10.2 Å². The van der Waals surface area contributed by atoms with E-state index in [0.717, 1.165) is 4.47 Å². The Morgan fingerprint density at radius 2 is 1.90 bits per heavy atom. The zero-order valence-corrected chi connectivity index (χ0v) is 12.4. The van der Waals surface area contributed by atoms with E-state index >= 15 is 0 Å². The van der Waals surface area contributed by atoms with Crippen LogP contribution in [0, 0.1) is 4.91 Å². The summed E-state index contributed by atoms with van der Waals surface area (Å²) in [6.45, 7) is -0.0418. The van der Waals surface area contributed by atoms with Crippen molar-refractivity contribution in [3.63, 3.8) is 0 Å². The van der Waals surface area contributed by atoms with E-state index in [9.17, 15) is 14.8 Å². The van der Waals surface area contributed by atoms with Crippen LogP contribution in [0.25, 0.3) is 0 Å². The molecule has 2 rings (SSSR count). The first-order valence-corrected chi connectivity index (χ1v) is 6.84. The van der Waals surface area contributed by atoms with Crippen molar-refractivity contribution in [2.45, 2.75) is 0 Å². The number of aliphatic imine (C=N–C) groups is 1. The van der Waals surface area contributed by atoms with Gasteiger partial charge in [0, 0.05) is 21.8 Å². The molecule has 0 bridgehead atoms. The van der Waals surface area contributed by atoms with E-state index in [0.29, 0.717) is 11.1 Å². The van der Waals surface area contributed by atoms with Gasteiger partial charge in [-0.3, -0.25) is 9.79 Å². The highest BCUT2D eigenvalue weighted by atomic mass is 79.9. The standard InChI is InChI=1S/C15H11BrN2O3/c16-12-3-1-10(2-4-12)15(20)9-17-8-11-7-13(18-21)5-6-14(11)19/h1-8,19H,9H2. The van der Waals surface area contributed by atoms with Crippen LogP contribution in [-0.4, -0.2) is 23.6 Å². The highest BCUT2D eigenvalue weighted by molar-refractivity contribution is 9.10. The molecular formula is C15H11BrN2O3. The molecule has 0 aliphatic carbocycles. The smallest absolute Gasteiger partial charge is 0.184 e. The topological polar surface area (TPSA) is 79.1 Å². The van der Waals surface area contributed by atoms with E-state index in [1.165, 1.54) is 24.4 Å². The summed E-state index contributed by atoms with van der Waals surface area (Å²) in [5, 5.41) is 12.4. The normalized spacial score (nSPS) is 10.7. The summed E-state index contributed by atoms with van der Waals surface area (Å²) in [5.41, 5.74) is 1.09. The van der Waals surface area contributed by atoms with Gasteiger partial charge in [-0.05, 0) is 35.5 Å². The first kappa shape index (κ1) is 15.1. The van der Waals surface area contributed by atoms with Gasteiger partial charge >= 0.3 is 0 Å². The van der Waals surface area contributed by atoms with Crippen LogP contribution in [0.1, 0.15) is 15.9 Å². The fraction of sp³-hybridized carbons (Fsp3) is 0.0667. The monoisotopic (exact) mass is 346 g/mol.